The third-order valence-corrected chi connectivity index (χ3v) is 3.41. The molecule has 0 unspecified atom stereocenters. The highest BCUT2D eigenvalue weighted by molar-refractivity contribution is 5.91. The van der Waals surface area contributed by atoms with Crippen molar-refractivity contribution in [2.75, 3.05) is 19.8 Å². The molecular weight excluding hydrogens is 316 g/mol. The van der Waals surface area contributed by atoms with E-state index in [-0.39, 0.29) is 5.91 Å². The molecule has 5 nitrogen and oxygen atoms in total. The summed E-state index contributed by atoms with van der Waals surface area (Å²) in [6.07, 6.45) is 5.60. The molecule has 0 aliphatic rings. The average Bonchev–Trinajstić information content (AvgIpc) is 2.63. The maximum atomic E-state index is 11.8. The smallest absolute Gasteiger partial charge is 0.244 e. The zero-order valence-corrected chi connectivity index (χ0v) is 14.7. The number of carbonyl (C=O) groups is 1. The van der Waals surface area contributed by atoms with Crippen LogP contribution in [0.5, 0.6) is 11.5 Å². The van der Waals surface area contributed by atoms with E-state index in [4.69, 9.17) is 9.47 Å². The summed E-state index contributed by atoms with van der Waals surface area (Å²) < 4.78 is 11.2. The summed E-state index contributed by atoms with van der Waals surface area (Å²) in [5.74, 6) is 1.35. The van der Waals surface area contributed by atoms with Gasteiger partial charge in [0.25, 0.3) is 0 Å². The van der Waals surface area contributed by atoms with Gasteiger partial charge in [-0.2, -0.15) is 0 Å². The Bertz CT molecular complexity index is 699. The number of carbonyl (C=O) groups excluding carboxylic acids is 1. The van der Waals surface area contributed by atoms with Crippen LogP contribution in [0.15, 0.2) is 48.7 Å². The van der Waals surface area contributed by atoms with E-state index in [1.165, 1.54) is 6.08 Å². The Morgan fingerprint density at radius 2 is 1.92 bits per heavy atom. The fourth-order valence-electron chi connectivity index (χ4n) is 2.28. The summed E-state index contributed by atoms with van der Waals surface area (Å²) >= 11 is 0. The Balaban J connectivity index is 1.85. The Kier molecular flexibility index (Phi) is 7.50. The van der Waals surface area contributed by atoms with Crippen LogP contribution in [0.25, 0.3) is 6.08 Å². The van der Waals surface area contributed by atoms with Crippen molar-refractivity contribution in [1.82, 2.24) is 10.3 Å². The van der Waals surface area contributed by atoms with Gasteiger partial charge >= 0.3 is 0 Å². The van der Waals surface area contributed by atoms with Crippen LogP contribution in [0.3, 0.4) is 0 Å². The van der Waals surface area contributed by atoms with Gasteiger partial charge in [-0.05, 0) is 56.2 Å². The predicted molar refractivity (Wildman–Crippen MR) is 98.8 cm³/mol. The molecule has 25 heavy (non-hydrogen) atoms. The minimum absolute atomic E-state index is 0.137. The fourth-order valence-corrected chi connectivity index (χ4v) is 2.28. The molecule has 0 saturated carbocycles. The molecule has 0 aliphatic carbocycles. The lowest BCUT2D eigenvalue weighted by atomic mass is 10.1. The van der Waals surface area contributed by atoms with Gasteiger partial charge in [-0.15, -0.1) is 0 Å². The summed E-state index contributed by atoms with van der Waals surface area (Å²) in [5, 5.41) is 2.87. The first-order chi connectivity index (χ1) is 12.2. The number of nitrogens with zero attached hydrogens (tertiary/aromatic N) is 1. The summed E-state index contributed by atoms with van der Waals surface area (Å²) in [7, 11) is 0. The number of ether oxygens (including phenoxy) is 2. The van der Waals surface area contributed by atoms with Crippen LogP contribution in [-0.2, 0) is 11.2 Å². The molecule has 0 fully saturated rings. The lowest BCUT2D eigenvalue weighted by Crippen LogP contribution is -2.23. The van der Waals surface area contributed by atoms with Crippen LogP contribution in [0, 0.1) is 0 Å². The van der Waals surface area contributed by atoms with Crippen molar-refractivity contribution in [3.05, 3.63) is 59.9 Å². The minimum atomic E-state index is -0.137. The molecule has 0 radical (unpaired) electrons. The topological polar surface area (TPSA) is 60.5 Å². The van der Waals surface area contributed by atoms with Gasteiger partial charge in [0.05, 0.1) is 18.9 Å². The fraction of sp³-hybridized carbons (Fsp3) is 0.300. The normalized spacial score (nSPS) is 10.6. The molecule has 0 saturated heterocycles. The highest BCUT2D eigenvalue weighted by atomic mass is 16.5. The Labute approximate surface area is 148 Å². The van der Waals surface area contributed by atoms with Gasteiger partial charge in [0.1, 0.15) is 0 Å². The quantitative estimate of drug-likeness (QED) is 0.712. The molecule has 1 aromatic heterocycles. The molecule has 132 valence electrons. The van der Waals surface area contributed by atoms with Crippen LogP contribution < -0.4 is 14.8 Å². The predicted octanol–water partition coefficient (Wildman–Crippen LogP) is 3.25. The van der Waals surface area contributed by atoms with Gasteiger partial charge in [0.2, 0.25) is 5.91 Å². The zero-order valence-electron chi connectivity index (χ0n) is 14.7. The summed E-state index contributed by atoms with van der Waals surface area (Å²) in [6.45, 7) is 5.61. The molecule has 5 heteroatoms. The maximum absolute atomic E-state index is 11.8. The number of nitrogens with one attached hydrogen (secondary N) is 1. The van der Waals surface area contributed by atoms with E-state index >= 15 is 0 Å². The van der Waals surface area contributed by atoms with Crippen LogP contribution in [0.2, 0.25) is 0 Å². The highest BCUT2D eigenvalue weighted by Gasteiger charge is 2.06. The van der Waals surface area contributed by atoms with Gasteiger partial charge in [-0.1, -0.05) is 12.1 Å². The summed E-state index contributed by atoms with van der Waals surface area (Å²) in [5.41, 5.74) is 1.84. The van der Waals surface area contributed by atoms with Gasteiger partial charge in [0, 0.05) is 18.8 Å². The molecule has 0 bridgehead atoms. The van der Waals surface area contributed by atoms with Gasteiger partial charge in [0.15, 0.2) is 11.5 Å². The number of hydrogen-bond acceptors (Lipinski definition) is 4. The average molecular weight is 340 g/mol. The van der Waals surface area contributed by atoms with Crippen molar-refractivity contribution >= 4 is 12.0 Å². The van der Waals surface area contributed by atoms with E-state index in [2.05, 4.69) is 10.3 Å². The highest BCUT2D eigenvalue weighted by Crippen LogP contribution is 2.28. The number of pyridine rings is 1. The molecule has 2 rings (SSSR count). The number of rotatable bonds is 9. The van der Waals surface area contributed by atoms with Crippen molar-refractivity contribution in [3.8, 4) is 11.5 Å². The standard InChI is InChI=1S/C20H24N2O3/c1-3-24-18-10-8-16(15-19(18)25-4-2)12-14-22-20(23)11-9-17-7-5-6-13-21-17/h5-11,13,15H,3-4,12,14H2,1-2H3,(H,22,23). The molecule has 2 aromatic rings. The van der Waals surface area contributed by atoms with Gasteiger partial charge in [-0.3, -0.25) is 9.78 Å². The molecule has 0 spiro atoms. The molecule has 0 atom stereocenters. The SMILES string of the molecule is CCOc1ccc(CCNC(=O)C=Cc2ccccn2)cc1OCC. The monoisotopic (exact) mass is 340 g/mol. The summed E-state index contributed by atoms with van der Waals surface area (Å²) in [6, 6.07) is 11.4. The molecular formula is C20H24N2O3. The van der Waals surface area contributed by atoms with E-state index in [9.17, 15) is 4.79 Å². The first kappa shape index (κ1) is 18.5. The van der Waals surface area contributed by atoms with Crippen LogP contribution >= 0.6 is 0 Å². The van der Waals surface area contributed by atoms with E-state index in [0.29, 0.717) is 19.8 Å². The molecule has 1 N–H and O–H groups in total. The third kappa shape index (κ3) is 6.30. The van der Waals surface area contributed by atoms with Crippen molar-refractivity contribution in [2.24, 2.45) is 0 Å². The van der Waals surface area contributed by atoms with Crippen molar-refractivity contribution in [2.45, 2.75) is 20.3 Å². The molecule has 0 aliphatic heterocycles. The van der Waals surface area contributed by atoms with Crippen molar-refractivity contribution < 1.29 is 14.3 Å². The minimum Gasteiger partial charge on any atom is -0.490 e. The maximum Gasteiger partial charge on any atom is 0.244 e. The van der Waals surface area contributed by atoms with E-state index in [1.54, 1.807) is 12.3 Å². The number of hydrogen-bond donors (Lipinski definition) is 1. The summed E-state index contributed by atoms with van der Waals surface area (Å²) in [4.78, 5) is 16.0. The second-order valence-corrected chi connectivity index (χ2v) is 5.28. The van der Waals surface area contributed by atoms with Crippen molar-refractivity contribution in [1.29, 1.82) is 0 Å². The first-order valence-corrected chi connectivity index (χ1v) is 8.48. The Morgan fingerprint density at radius 3 is 2.64 bits per heavy atom. The number of amides is 1. The van der Waals surface area contributed by atoms with Crippen LogP contribution in [0.1, 0.15) is 25.1 Å². The number of aromatic nitrogens is 1. The third-order valence-electron chi connectivity index (χ3n) is 3.41. The molecule has 1 aromatic carbocycles. The molecule has 1 heterocycles. The lowest BCUT2D eigenvalue weighted by molar-refractivity contribution is -0.116. The van der Waals surface area contributed by atoms with Gasteiger partial charge in [-0.25, -0.2) is 0 Å². The first-order valence-electron chi connectivity index (χ1n) is 8.48. The lowest BCUT2D eigenvalue weighted by Gasteiger charge is -2.12. The van der Waals surface area contributed by atoms with Crippen LogP contribution in [0.4, 0.5) is 0 Å². The van der Waals surface area contributed by atoms with E-state index in [1.807, 2.05) is 50.2 Å². The van der Waals surface area contributed by atoms with Crippen LogP contribution in [-0.4, -0.2) is 30.6 Å². The number of benzene rings is 1. The van der Waals surface area contributed by atoms with Gasteiger partial charge < -0.3 is 14.8 Å². The van der Waals surface area contributed by atoms with Crippen molar-refractivity contribution in [3.63, 3.8) is 0 Å². The second-order valence-electron chi connectivity index (χ2n) is 5.28. The second kappa shape index (κ2) is 10.1. The molecule has 1 amide bonds. The van der Waals surface area contributed by atoms with E-state index in [0.717, 1.165) is 29.2 Å². The zero-order chi connectivity index (χ0) is 17.9. The Hall–Kier alpha value is -2.82. The Morgan fingerprint density at radius 1 is 1.12 bits per heavy atom. The largest absolute Gasteiger partial charge is 0.490 e. The van der Waals surface area contributed by atoms with E-state index < -0.39 is 0 Å².